The lowest BCUT2D eigenvalue weighted by Crippen LogP contribution is -1.88. The van der Waals surface area contributed by atoms with Gasteiger partial charge in [-0.15, -0.1) is 23.5 Å². The highest BCUT2D eigenvalue weighted by molar-refractivity contribution is 8.43. The summed E-state index contributed by atoms with van der Waals surface area (Å²) in [6.45, 7) is 0. The van der Waals surface area contributed by atoms with Crippen LogP contribution in [-0.4, -0.2) is 11.5 Å². The van der Waals surface area contributed by atoms with E-state index in [1.54, 1.807) is 23.5 Å². The first-order valence-corrected chi connectivity index (χ1v) is 9.81. The number of halogens is 1. The molecule has 0 saturated carbocycles. The van der Waals surface area contributed by atoms with Crippen LogP contribution < -0.4 is 0 Å². The van der Waals surface area contributed by atoms with Crippen LogP contribution in [0.1, 0.15) is 0 Å². The summed E-state index contributed by atoms with van der Waals surface area (Å²) in [7, 11) is 0. The molecular formula is C8H5ClS6. The molecule has 15 heavy (non-hydrogen) atoms. The van der Waals surface area contributed by atoms with E-state index < -0.39 is 0 Å². The van der Waals surface area contributed by atoms with Crippen LogP contribution in [0, 0.1) is 0 Å². The minimum atomic E-state index is 0.897. The summed E-state index contributed by atoms with van der Waals surface area (Å²) in [5.74, 6) is 2.50. The topological polar surface area (TPSA) is 0 Å². The highest BCUT2D eigenvalue weighted by Crippen LogP contribution is 2.63. The van der Waals surface area contributed by atoms with Crippen molar-refractivity contribution >= 4 is 82.2 Å². The molecule has 0 amide bonds. The van der Waals surface area contributed by atoms with E-state index in [1.807, 2.05) is 52.5 Å². The summed E-state index contributed by atoms with van der Waals surface area (Å²) < 4.78 is 6.68. The first-order chi connectivity index (χ1) is 7.33. The van der Waals surface area contributed by atoms with E-state index in [2.05, 4.69) is 0 Å². The molecule has 0 aromatic heterocycles. The molecule has 3 rings (SSSR count). The normalized spacial score (nSPS) is 26.1. The van der Waals surface area contributed by atoms with Crippen molar-refractivity contribution in [2.45, 2.75) is 0 Å². The van der Waals surface area contributed by atoms with Gasteiger partial charge < -0.3 is 0 Å². The number of thioether (sulfide) groups is 6. The van der Waals surface area contributed by atoms with Gasteiger partial charge in [0.25, 0.3) is 0 Å². The van der Waals surface area contributed by atoms with Gasteiger partial charge in [-0.2, -0.15) is 0 Å². The van der Waals surface area contributed by atoms with Crippen LogP contribution in [0.3, 0.4) is 0 Å². The largest absolute Gasteiger partial charge is 0.116 e. The standard InChI is InChI=1S/C8H5ClS6/c9-4-3-12-7(13-4)8-14-5-6(15-8)11-2-1-10-5/h3H,1-2H2. The predicted molar refractivity (Wildman–Crippen MR) is 83.3 cm³/mol. The zero-order valence-electron chi connectivity index (χ0n) is 7.32. The second kappa shape index (κ2) is 5.08. The van der Waals surface area contributed by atoms with Crippen molar-refractivity contribution in [1.29, 1.82) is 0 Å². The highest BCUT2D eigenvalue weighted by atomic mass is 35.5. The maximum atomic E-state index is 5.96. The van der Waals surface area contributed by atoms with Crippen LogP contribution in [-0.2, 0) is 0 Å². The molecule has 0 N–H and O–H groups in total. The number of hydrogen-bond donors (Lipinski definition) is 0. The summed E-state index contributed by atoms with van der Waals surface area (Å²) in [6.07, 6.45) is 0. The van der Waals surface area contributed by atoms with Crippen molar-refractivity contribution in [3.63, 3.8) is 0 Å². The van der Waals surface area contributed by atoms with Gasteiger partial charge in [0.1, 0.15) is 0 Å². The number of rotatable bonds is 0. The predicted octanol–water partition coefficient (Wildman–Crippen LogP) is 5.72. The molecule has 3 aliphatic heterocycles. The van der Waals surface area contributed by atoms with Crippen molar-refractivity contribution in [2.75, 3.05) is 11.5 Å². The second-order valence-electron chi connectivity index (χ2n) is 2.69. The van der Waals surface area contributed by atoms with Gasteiger partial charge >= 0.3 is 0 Å². The van der Waals surface area contributed by atoms with Gasteiger partial charge in [-0.3, -0.25) is 0 Å². The van der Waals surface area contributed by atoms with Gasteiger partial charge in [0, 0.05) is 16.9 Å². The fourth-order valence-electron chi connectivity index (χ4n) is 1.13. The molecule has 80 valence electrons. The third kappa shape index (κ3) is 2.56. The molecule has 0 fully saturated rings. The maximum absolute atomic E-state index is 5.96. The lowest BCUT2D eigenvalue weighted by molar-refractivity contribution is 1.56. The first kappa shape index (κ1) is 11.7. The molecule has 0 radical (unpaired) electrons. The highest BCUT2D eigenvalue weighted by Gasteiger charge is 2.28. The lowest BCUT2D eigenvalue weighted by atomic mass is 11.0. The molecule has 0 unspecified atom stereocenters. The molecule has 0 aromatic rings. The Morgan fingerprint density at radius 2 is 1.53 bits per heavy atom. The average Bonchev–Trinajstić information content (AvgIpc) is 2.82. The first-order valence-electron chi connectivity index (χ1n) is 4.13. The molecule has 0 atom stereocenters. The molecule has 0 saturated heterocycles. The minimum Gasteiger partial charge on any atom is -0.116 e. The zero-order valence-corrected chi connectivity index (χ0v) is 13.0. The van der Waals surface area contributed by atoms with Crippen LogP contribution >= 0.6 is 82.2 Å². The van der Waals surface area contributed by atoms with Gasteiger partial charge in [-0.25, -0.2) is 0 Å². The Labute approximate surface area is 119 Å². The second-order valence-corrected chi connectivity index (χ2v) is 10.5. The van der Waals surface area contributed by atoms with E-state index in [-0.39, 0.29) is 0 Å². The molecule has 3 aliphatic rings. The quantitative estimate of drug-likeness (QED) is 0.554. The minimum absolute atomic E-state index is 0.897. The van der Waals surface area contributed by atoms with Gasteiger partial charge in [0.05, 0.1) is 21.3 Å². The van der Waals surface area contributed by atoms with E-state index in [4.69, 9.17) is 11.6 Å². The SMILES string of the molecule is ClC1=CSC(=C2SC3=C(SCCS3)S2)S1. The summed E-state index contributed by atoms with van der Waals surface area (Å²) >= 11 is 17.3. The van der Waals surface area contributed by atoms with Gasteiger partial charge in [0.15, 0.2) is 0 Å². The Morgan fingerprint density at radius 3 is 2.07 bits per heavy atom. The molecule has 0 aliphatic carbocycles. The van der Waals surface area contributed by atoms with Crippen LogP contribution in [0.2, 0.25) is 0 Å². The van der Waals surface area contributed by atoms with E-state index in [9.17, 15) is 0 Å². The molecule has 3 heterocycles. The Balaban J connectivity index is 1.79. The summed E-state index contributed by atoms with van der Waals surface area (Å²) in [6, 6.07) is 0. The lowest BCUT2D eigenvalue weighted by Gasteiger charge is -2.08. The molecule has 0 nitrogen and oxygen atoms in total. The van der Waals surface area contributed by atoms with Crippen molar-refractivity contribution in [3.05, 3.63) is 26.7 Å². The maximum Gasteiger partial charge on any atom is 0.0855 e. The van der Waals surface area contributed by atoms with Crippen molar-refractivity contribution in [3.8, 4) is 0 Å². The third-order valence-electron chi connectivity index (χ3n) is 1.70. The smallest absolute Gasteiger partial charge is 0.0855 e. The van der Waals surface area contributed by atoms with E-state index in [1.165, 1.54) is 28.5 Å². The Kier molecular flexibility index (Phi) is 3.96. The van der Waals surface area contributed by atoms with Gasteiger partial charge in [0.2, 0.25) is 0 Å². The van der Waals surface area contributed by atoms with Crippen LogP contribution in [0.5, 0.6) is 0 Å². The van der Waals surface area contributed by atoms with Crippen LogP contribution in [0.4, 0.5) is 0 Å². The average molecular weight is 329 g/mol. The number of hydrogen-bond acceptors (Lipinski definition) is 6. The monoisotopic (exact) mass is 328 g/mol. The molecule has 0 aromatic carbocycles. The van der Waals surface area contributed by atoms with Gasteiger partial charge in [-0.1, -0.05) is 58.6 Å². The van der Waals surface area contributed by atoms with Crippen molar-refractivity contribution in [2.24, 2.45) is 0 Å². The zero-order chi connectivity index (χ0) is 10.3. The Bertz CT molecular complexity index is 376. The molecule has 7 heteroatoms. The molecular weight excluding hydrogens is 324 g/mol. The van der Waals surface area contributed by atoms with E-state index in [0.717, 1.165) is 4.36 Å². The fourth-order valence-corrected chi connectivity index (χ4v) is 9.77. The molecule has 0 spiro atoms. The third-order valence-corrected chi connectivity index (χ3v) is 10.6. The van der Waals surface area contributed by atoms with Gasteiger partial charge in [-0.05, 0) is 0 Å². The summed E-state index contributed by atoms with van der Waals surface area (Å²) in [4.78, 5) is 0. The Morgan fingerprint density at radius 1 is 0.867 bits per heavy atom. The summed E-state index contributed by atoms with van der Waals surface area (Å²) in [5, 5.41) is 2.02. The van der Waals surface area contributed by atoms with Crippen molar-refractivity contribution < 1.29 is 0 Å². The van der Waals surface area contributed by atoms with E-state index >= 15 is 0 Å². The van der Waals surface area contributed by atoms with E-state index in [0.29, 0.717) is 0 Å². The van der Waals surface area contributed by atoms with Crippen LogP contribution in [0.25, 0.3) is 0 Å². The molecule has 0 bridgehead atoms. The van der Waals surface area contributed by atoms with Crippen LogP contribution in [0.15, 0.2) is 26.7 Å². The Hall–Kier alpha value is 1.61. The summed E-state index contributed by atoms with van der Waals surface area (Å²) in [5.41, 5.74) is 0. The van der Waals surface area contributed by atoms with Crippen molar-refractivity contribution in [1.82, 2.24) is 0 Å². The fraction of sp³-hybridized carbons (Fsp3) is 0.250.